The van der Waals surface area contributed by atoms with E-state index < -0.39 is 0 Å². The van der Waals surface area contributed by atoms with Gasteiger partial charge in [0.05, 0.1) is 0 Å². The molecule has 1 saturated heterocycles. The Morgan fingerprint density at radius 3 is 2.58 bits per heavy atom. The average Bonchev–Trinajstić information content (AvgIpc) is 2.58. The summed E-state index contributed by atoms with van der Waals surface area (Å²) in [5.74, 6) is 1.85. The molecule has 0 spiro atoms. The van der Waals surface area contributed by atoms with Gasteiger partial charge in [0.15, 0.2) is 5.96 Å². The van der Waals surface area contributed by atoms with Crippen molar-refractivity contribution in [2.45, 2.75) is 32.7 Å². The molecule has 0 radical (unpaired) electrons. The van der Waals surface area contributed by atoms with Crippen LogP contribution in [0.2, 0.25) is 0 Å². The van der Waals surface area contributed by atoms with Crippen LogP contribution < -0.4 is 5.32 Å². The van der Waals surface area contributed by atoms with Crippen LogP contribution in [0.1, 0.15) is 31.7 Å². The van der Waals surface area contributed by atoms with Crippen LogP contribution in [-0.2, 0) is 6.54 Å². The van der Waals surface area contributed by atoms with Crippen LogP contribution in [0.3, 0.4) is 0 Å². The number of hydrogen-bond acceptors (Lipinski definition) is 2. The van der Waals surface area contributed by atoms with Crippen molar-refractivity contribution < 1.29 is 0 Å². The van der Waals surface area contributed by atoms with Crippen LogP contribution in [0.15, 0.2) is 33.7 Å². The van der Waals surface area contributed by atoms with E-state index in [1.807, 2.05) is 0 Å². The van der Waals surface area contributed by atoms with Crippen molar-refractivity contribution in [1.82, 2.24) is 15.1 Å². The zero-order valence-electron chi connectivity index (χ0n) is 15.3. The summed E-state index contributed by atoms with van der Waals surface area (Å²) < 4.78 is 1.12. The number of hydrogen-bond donors (Lipinski definition) is 1. The highest BCUT2D eigenvalue weighted by Gasteiger charge is 2.16. The predicted molar refractivity (Wildman–Crippen MR) is 106 cm³/mol. The summed E-state index contributed by atoms with van der Waals surface area (Å²) in [4.78, 5) is 9.48. The van der Waals surface area contributed by atoms with Gasteiger partial charge in [-0.1, -0.05) is 28.1 Å². The molecule has 0 aromatic heterocycles. The summed E-state index contributed by atoms with van der Waals surface area (Å²) in [6.07, 6.45) is 3.84. The molecule has 1 aliphatic rings. The maximum atomic E-state index is 4.85. The number of halogens is 1. The van der Waals surface area contributed by atoms with Crippen LogP contribution in [0, 0.1) is 5.92 Å². The number of guanidine groups is 1. The molecule has 0 aliphatic carbocycles. The number of benzene rings is 1. The van der Waals surface area contributed by atoms with Crippen LogP contribution in [0.4, 0.5) is 0 Å². The predicted octanol–water partition coefficient (Wildman–Crippen LogP) is 3.58. The molecule has 1 aliphatic heterocycles. The molecule has 1 aromatic rings. The van der Waals surface area contributed by atoms with Gasteiger partial charge in [-0.2, -0.15) is 0 Å². The Bertz CT molecular complexity index is 507. The third-order valence-corrected chi connectivity index (χ3v) is 5.20. The molecule has 2 rings (SSSR count). The molecule has 0 unspecified atom stereocenters. The molecular weight excluding hydrogens is 364 g/mol. The Hall–Kier alpha value is -1.07. The number of likely N-dealkylation sites (tertiary alicyclic amines) is 1. The quantitative estimate of drug-likeness (QED) is 0.590. The fraction of sp³-hybridized carbons (Fsp3) is 0.632. The molecule has 1 heterocycles. The van der Waals surface area contributed by atoms with Gasteiger partial charge in [0.2, 0.25) is 0 Å². The first kappa shape index (κ1) is 19.3. The van der Waals surface area contributed by atoms with Gasteiger partial charge in [-0.05, 0) is 69.9 Å². The highest BCUT2D eigenvalue weighted by molar-refractivity contribution is 9.10. The lowest BCUT2D eigenvalue weighted by Crippen LogP contribution is -2.38. The number of nitrogens with one attached hydrogen (secondary N) is 1. The second-order valence-corrected chi connectivity index (χ2v) is 7.67. The number of nitrogens with zero attached hydrogens (tertiary/aromatic N) is 3. The zero-order valence-corrected chi connectivity index (χ0v) is 16.8. The van der Waals surface area contributed by atoms with Gasteiger partial charge in [0.1, 0.15) is 0 Å². The third-order valence-electron chi connectivity index (χ3n) is 4.67. The van der Waals surface area contributed by atoms with Crippen molar-refractivity contribution in [3.05, 3.63) is 34.3 Å². The van der Waals surface area contributed by atoms with Crippen molar-refractivity contribution in [2.75, 3.05) is 40.3 Å². The standard InChI is InChI=1S/C19H31BrN4/c1-4-21-19(22-12-9-16-10-13-23(2)14-11-16)24(3)15-17-5-7-18(20)8-6-17/h5-8,16H,4,9-15H2,1-3H3,(H,21,22). The molecule has 134 valence electrons. The van der Waals surface area contributed by atoms with Crippen LogP contribution in [0.5, 0.6) is 0 Å². The van der Waals surface area contributed by atoms with Gasteiger partial charge in [-0.25, -0.2) is 0 Å². The Kier molecular flexibility index (Phi) is 8.06. The lowest BCUT2D eigenvalue weighted by atomic mass is 9.94. The average molecular weight is 395 g/mol. The Morgan fingerprint density at radius 2 is 1.96 bits per heavy atom. The van der Waals surface area contributed by atoms with Gasteiger partial charge in [-0.15, -0.1) is 0 Å². The van der Waals surface area contributed by atoms with E-state index in [-0.39, 0.29) is 0 Å². The normalized spacial score (nSPS) is 17.1. The minimum Gasteiger partial charge on any atom is -0.357 e. The smallest absolute Gasteiger partial charge is 0.193 e. The van der Waals surface area contributed by atoms with Crippen molar-refractivity contribution in [3.8, 4) is 0 Å². The zero-order chi connectivity index (χ0) is 17.4. The highest BCUT2D eigenvalue weighted by atomic mass is 79.9. The van der Waals surface area contributed by atoms with E-state index in [0.717, 1.165) is 36.0 Å². The highest BCUT2D eigenvalue weighted by Crippen LogP contribution is 2.19. The molecule has 0 saturated carbocycles. The lowest BCUT2D eigenvalue weighted by molar-refractivity contribution is 0.214. The maximum absolute atomic E-state index is 4.85. The molecule has 4 nitrogen and oxygen atoms in total. The molecule has 0 amide bonds. The topological polar surface area (TPSA) is 30.9 Å². The number of aliphatic imine (C=N–C) groups is 1. The van der Waals surface area contributed by atoms with E-state index in [4.69, 9.17) is 4.99 Å². The van der Waals surface area contributed by atoms with Gasteiger partial charge in [0, 0.05) is 31.2 Å². The summed E-state index contributed by atoms with van der Waals surface area (Å²) in [5.41, 5.74) is 1.29. The minimum atomic E-state index is 0.838. The molecule has 24 heavy (non-hydrogen) atoms. The lowest BCUT2D eigenvalue weighted by Gasteiger charge is -2.28. The fourth-order valence-corrected chi connectivity index (χ4v) is 3.38. The first-order valence-corrected chi connectivity index (χ1v) is 9.80. The van der Waals surface area contributed by atoms with Gasteiger partial charge in [-0.3, -0.25) is 4.99 Å². The van der Waals surface area contributed by atoms with Crippen molar-refractivity contribution >= 4 is 21.9 Å². The van der Waals surface area contributed by atoms with E-state index in [0.29, 0.717) is 0 Å². The van der Waals surface area contributed by atoms with E-state index in [9.17, 15) is 0 Å². The monoisotopic (exact) mass is 394 g/mol. The molecule has 0 atom stereocenters. The van der Waals surface area contributed by atoms with Crippen molar-refractivity contribution in [1.29, 1.82) is 0 Å². The maximum Gasteiger partial charge on any atom is 0.193 e. The molecule has 0 bridgehead atoms. The summed E-state index contributed by atoms with van der Waals surface area (Å²) in [6, 6.07) is 8.49. The van der Waals surface area contributed by atoms with Gasteiger partial charge < -0.3 is 15.1 Å². The van der Waals surface area contributed by atoms with E-state index in [1.54, 1.807) is 0 Å². The Balaban J connectivity index is 1.85. The summed E-state index contributed by atoms with van der Waals surface area (Å²) in [6.45, 7) is 7.28. The minimum absolute atomic E-state index is 0.838. The molecule has 5 heteroatoms. The first-order chi connectivity index (χ1) is 11.6. The fourth-order valence-electron chi connectivity index (χ4n) is 3.11. The van der Waals surface area contributed by atoms with Gasteiger partial charge >= 0.3 is 0 Å². The van der Waals surface area contributed by atoms with E-state index in [1.165, 1.54) is 37.9 Å². The van der Waals surface area contributed by atoms with Crippen LogP contribution in [-0.4, -0.2) is 56.0 Å². The molecular formula is C19H31BrN4. The third kappa shape index (κ3) is 6.44. The second kappa shape index (κ2) is 10.0. The van der Waals surface area contributed by atoms with Crippen molar-refractivity contribution in [2.24, 2.45) is 10.9 Å². The van der Waals surface area contributed by atoms with E-state index >= 15 is 0 Å². The van der Waals surface area contributed by atoms with Crippen LogP contribution >= 0.6 is 15.9 Å². The summed E-state index contributed by atoms with van der Waals surface area (Å²) in [5, 5.41) is 3.42. The second-order valence-electron chi connectivity index (χ2n) is 6.75. The van der Waals surface area contributed by atoms with Gasteiger partial charge in [0.25, 0.3) is 0 Å². The molecule has 1 N–H and O–H groups in total. The molecule has 1 aromatic carbocycles. The molecule has 1 fully saturated rings. The summed E-state index contributed by atoms with van der Waals surface area (Å²) in [7, 11) is 4.33. The number of rotatable bonds is 6. The van der Waals surface area contributed by atoms with Crippen LogP contribution in [0.25, 0.3) is 0 Å². The Labute approximate surface area is 155 Å². The van der Waals surface area contributed by atoms with E-state index in [2.05, 4.69) is 76.3 Å². The van der Waals surface area contributed by atoms with Crippen molar-refractivity contribution in [3.63, 3.8) is 0 Å². The SMILES string of the molecule is CCNC(=NCCC1CCN(C)CC1)N(C)Cc1ccc(Br)cc1. The largest absolute Gasteiger partial charge is 0.357 e. The number of piperidine rings is 1. The first-order valence-electron chi connectivity index (χ1n) is 9.01. The summed E-state index contributed by atoms with van der Waals surface area (Å²) >= 11 is 3.49. The Morgan fingerprint density at radius 1 is 1.29 bits per heavy atom.